The summed E-state index contributed by atoms with van der Waals surface area (Å²) in [4.78, 5) is 29.9. The summed E-state index contributed by atoms with van der Waals surface area (Å²) >= 11 is 0. The summed E-state index contributed by atoms with van der Waals surface area (Å²) in [5.74, 6) is -5.93. The van der Waals surface area contributed by atoms with Crippen molar-refractivity contribution in [2.24, 2.45) is 0 Å². The molecule has 0 aliphatic heterocycles. The summed E-state index contributed by atoms with van der Waals surface area (Å²) in [5, 5.41) is 160. The van der Waals surface area contributed by atoms with Gasteiger partial charge in [0.2, 0.25) is 0 Å². The van der Waals surface area contributed by atoms with Crippen molar-refractivity contribution in [1.82, 2.24) is 0 Å². The zero-order valence-electron chi connectivity index (χ0n) is 20.1. The SMILES string of the molecule is O=C([O-])[C@H](O)[C@@H](O)[C@H](O)[C@H](O)CO.O=C([O-])[C@H](O)[C@@H](O)[C@H](O)[C@H](O)CO.O=C([O-])[C@H](O)[C@@H](O)[C@H](O)[C@H](O)CO.[Re]. The van der Waals surface area contributed by atoms with E-state index in [1.165, 1.54) is 0 Å². The molecule has 0 aliphatic rings. The van der Waals surface area contributed by atoms with Gasteiger partial charge in [-0.25, -0.2) is 0 Å². The molecule has 241 valence electrons. The fraction of sp³-hybridized carbons (Fsp3) is 0.833. The molecule has 0 fully saturated rings. The molecule has 0 saturated carbocycles. The molecule has 1 radical (unpaired) electrons. The van der Waals surface area contributed by atoms with E-state index < -0.39 is 111 Å². The number of aliphatic hydroxyl groups excluding tert-OH is 15. The third kappa shape index (κ3) is 16.7. The fourth-order valence-electron chi connectivity index (χ4n) is 1.99. The van der Waals surface area contributed by atoms with E-state index in [0.29, 0.717) is 0 Å². The number of carbonyl (C=O) groups excluding carboxylic acids is 3. The van der Waals surface area contributed by atoms with Gasteiger partial charge in [-0.1, -0.05) is 0 Å². The van der Waals surface area contributed by atoms with Gasteiger partial charge in [0.1, 0.15) is 73.2 Å². The molecule has 21 nitrogen and oxygen atoms in total. The van der Waals surface area contributed by atoms with Crippen LogP contribution in [-0.2, 0) is 34.8 Å². The van der Waals surface area contributed by atoms with Crippen LogP contribution in [0.3, 0.4) is 0 Å². The second-order valence-electron chi connectivity index (χ2n) is 7.48. The maximum atomic E-state index is 9.98. The van der Waals surface area contributed by atoms with Crippen LogP contribution in [0.15, 0.2) is 0 Å². The quantitative estimate of drug-likeness (QED) is 0.0735. The number of rotatable bonds is 15. The standard InChI is InChI=1S/3C6H12O7.Re/c3*7-1-2(8)3(9)4(10)5(11)6(12)13;/h3*2-5,7-11H,1H2,(H,12,13);/p-3/t3*2-,3-,4+,5-;/m111./s1. The van der Waals surface area contributed by atoms with Crippen LogP contribution in [0.25, 0.3) is 0 Å². The van der Waals surface area contributed by atoms with Gasteiger partial charge in [0.25, 0.3) is 0 Å². The Kier molecular flexibility index (Phi) is 26.2. The molecule has 0 aliphatic carbocycles. The first kappa shape index (κ1) is 45.5. The van der Waals surface area contributed by atoms with E-state index in [1.54, 1.807) is 0 Å². The topological polar surface area (TPSA) is 424 Å². The van der Waals surface area contributed by atoms with Crippen LogP contribution in [0.5, 0.6) is 0 Å². The minimum atomic E-state index is -2.31. The number of hydrogen-bond donors (Lipinski definition) is 15. The summed E-state index contributed by atoms with van der Waals surface area (Å²) in [7, 11) is 0. The first-order chi connectivity index (χ1) is 17.7. The first-order valence-electron chi connectivity index (χ1n) is 10.4. The molecule has 0 amide bonds. The number of carboxylic acids is 3. The van der Waals surface area contributed by atoms with Crippen LogP contribution in [0.2, 0.25) is 0 Å². The van der Waals surface area contributed by atoms with E-state index >= 15 is 0 Å². The Balaban J connectivity index is -0.000000240. The van der Waals surface area contributed by atoms with E-state index in [4.69, 9.17) is 76.6 Å². The van der Waals surface area contributed by atoms with Crippen LogP contribution in [0, 0.1) is 0 Å². The van der Waals surface area contributed by atoms with Crippen molar-refractivity contribution in [1.29, 1.82) is 0 Å². The van der Waals surface area contributed by atoms with Crippen molar-refractivity contribution < 1.29 is 127 Å². The Bertz CT molecular complexity index is 608. The molecule has 0 heterocycles. The van der Waals surface area contributed by atoms with E-state index in [-0.39, 0.29) is 20.4 Å². The molecular formula is C18H33O21Re-3. The van der Waals surface area contributed by atoms with Gasteiger partial charge in [-0.15, -0.1) is 0 Å². The minimum absolute atomic E-state index is 0. The number of carbonyl (C=O) groups is 3. The van der Waals surface area contributed by atoms with Crippen molar-refractivity contribution >= 4 is 17.9 Å². The molecule has 0 spiro atoms. The molecule has 40 heavy (non-hydrogen) atoms. The van der Waals surface area contributed by atoms with Crippen molar-refractivity contribution in [3.8, 4) is 0 Å². The Labute approximate surface area is 238 Å². The molecule has 15 N–H and O–H groups in total. The first-order valence-corrected chi connectivity index (χ1v) is 10.4. The number of aliphatic carboxylic acids is 3. The summed E-state index contributed by atoms with van der Waals surface area (Å²) in [6, 6.07) is 0. The third-order valence-corrected chi connectivity index (χ3v) is 4.49. The molecule has 12 atom stereocenters. The minimum Gasteiger partial charge on any atom is -0.547 e. The normalized spacial score (nSPS) is 19.9. The van der Waals surface area contributed by atoms with Crippen LogP contribution < -0.4 is 15.3 Å². The Morgan fingerprint density at radius 3 is 0.650 bits per heavy atom. The second kappa shape index (κ2) is 23.1. The average Bonchev–Trinajstić information content (AvgIpc) is 2.92. The van der Waals surface area contributed by atoms with E-state index in [2.05, 4.69) is 0 Å². The van der Waals surface area contributed by atoms with Gasteiger partial charge in [0.15, 0.2) is 0 Å². The van der Waals surface area contributed by atoms with Crippen molar-refractivity contribution in [3.05, 3.63) is 0 Å². The predicted octanol–water partition coefficient (Wildman–Crippen LogP) is -14.5. The van der Waals surface area contributed by atoms with E-state index in [0.717, 1.165) is 0 Å². The van der Waals surface area contributed by atoms with Gasteiger partial charge in [-0.05, 0) is 0 Å². The summed E-state index contributed by atoms with van der Waals surface area (Å²) in [5.41, 5.74) is 0. The maximum absolute atomic E-state index is 9.98. The van der Waals surface area contributed by atoms with Gasteiger partial charge < -0.3 is 106 Å². The zero-order chi connectivity index (χ0) is 31.8. The molecule has 0 aromatic rings. The van der Waals surface area contributed by atoms with Gasteiger partial charge in [0.05, 0.1) is 37.7 Å². The van der Waals surface area contributed by atoms with Crippen molar-refractivity contribution in [2.45, 2.75) is 73.2 Å². The van der Waals surface area contributed by atoms with Crippen LogP contribution >= 0.6 is 0 Å². The number of aliphatic hydroxyl groups is 15. The van der Waals surface area contributed by atoms with Crippen LogP contribution in [0.4, 0.5) is 0 Å². The average molecular weight is 772 g/mol. The molecule has 0 rings (SSSR count). The molecule has 0 saturated heterocycles. The van der Waals surface area contributed by atoms with Gasteiger partial charge in [0, 0.05) is 20.4 Å². The van der Waals surface area contributed by atoms with Crippen molar-refractivity contribution in [3.63, 3.8) is 0 Å². The van der Waals surface area contributed by atoms with E-state index in [9.17, 15) is 29.7 Å². The predicted molar refractivity (Wildman–Crippen MR) is 108 cm³/mol. The molecular weight excluding hydrogens is 738 g/mol. The number of carboxylic acid groups (broad SMARTS) is 3. The Hall–Kier alpha value is -1.53. The largest absolute Gasteiger partial charge is 0.547 e. The van der Waals surface area contributed by atoms with Crippen LogP contribution in [-0.4, -0.2) is 188 Å². The molecule has 0 unspecified atom stereocenters. The third-order valence-electron chi connectivity index (χ3n) is 4.49. The Morgan fingerprint density at radius 2 is 0.550 bits per heavy atom. The number of hydrogen-bond acceptors (Lipinski definition) is 21. The van der Waals surface area contributed by atoms with Gasteiger partial charge in [-0.2, -0.15) is 0 Å². The molecule has 0 bridgehead atoms. The molecule has 22 heteroatoms. The Morgan fingerprint density at radius 1 is 0.400 bits per heavy atom. The smallest absolute Gasteiger partial charge is 0.122 e. The van der Waals surface area contributed by atoms with Crippen LogP contribution in [0.1, 0.15) is 0 Å². The monoisotopic (exact) mass is 772 g/mol. The second-order valence-corrected chi connectivity index (χ2v) is 7.48. The zero-order valence-corrected chi connectivity index (χ0v) is 22.8. The summed E-state index contributed by atoms with van der Waals surface area (Å²) in [6.07, 6.45) is -24.2. The summed E-state index contributed by atoms with van der Waals surface area (Å²) in [6.45, 7) is -2.59. The van der Waals surface area contributed by atoms with Gasteiger partial charge >= 0.3 is 0 Å². The fourth-order valence-corrected chi connectivity index (χ4v) is 1.99. The molecule has 0 aromatic carbocycles. The van der Waals surface area contributed by atoms with Gasteiger partial charge in [-0.3, -0.25) is 0 Å². The van der Waals surface area contributed by atoms with E-state index in [1.807, 2.05) is 0 Å². The summed E-state index contributed by atoms with van der Waals surface area (Å²) < 4.78 is 0. The maximum Gasteiger partial charge on any atom is 0.122 e. The van der Waals surface area contributed by atoms with Crippen molar-refractivity contribution in [2.75, 3.05) is 19.8 Å². The molecule has 0 aromatic heterocycles.